The van der Waals surface area contributed by atoms with Gasteiger partial charge in [-0.1, -0.05) is 22.9 Å². The SMILES string of the molecule is CC(CCNC(=O)c1ccc(Br)cc1C(F)(F)F)S(C)=O. The largest absolute Gasteiger partial charge is 0.417 e. The van der Waals surface area contributed by atoms with E-state index in [0.717, 1.165) is 12.1 Å². The number of carbonyl (C=O) groups is 1. The average molecular weight is 386 g/mol. The number of hydrogen-bond donors (Lipinski definition) is 1. The molecule has 0 aliphatic heterocycles. The molecule has 0 fully saturated rings. The second-order valence-electron chi connectivity index (χ2n) is 4.54. The summed E-state index contributed by atoms with van der Waals surface area (Å²) in [5, 5.41) is 2.30. The first-order valence-corrected chi connectivity index (χ1v) is 8.51. The van der Waals surface area contributed by atoms with E-state index in [9.17, 15) is 22.2 Å². The molecule has 1 aromatic rings. The highest BCUT2D eigenvalue weighted by atomic mass is 79.9. The Morgan fingerprint density at radius 3 is 2.57 bits per heavy atom. The van der Waals surface area contributed by atoms with Gasteiger partial charge >= 0.3 is 6.18 Å². The number of carbonyl (C=O) groups excluding carboxylic acids is 1. The lowest BCUT2D eigenvalue weighted by Gasteiger charge is -2.14. The monoisotopic (exact) mass is 385 g/mol. The summed E-state index contributed by atoms with van der Waals surface area (Å²) in [6.07, 6.45) is -2.62. The molecule has 21 heavy (non-hydrogen) atoms. The van der Waals surface area contributed by atoms with Crippen LogP contribution in [0.5, 0.6) is 0 Å². The van der Waals surface area contributed by atoms with Crippen LogP contribution in [0, 0.1) is 0 Å². The molecule has 0 aliphatic carbocycles. The van der Waals surface area contributed by atoms with Crippen LogP contribution in [-0.4, -0.2) is 28.2 Å². The first-order chi connectivity index (χ1) is 9.62. The third-order valence-corrected chi connectivity index (χ3v) is 4.80. The molecular formula is C13H15BrF3NO2S. The molecule has 0 saturated carbocycles. The minimum atomic E-state index is -4.60. The number of rotatable bonds is 5. The topological polar surface area (TPSA) is 46.2 Å². The van der Waals surface area contributed by atoms with Gasteiger partial charge in [0.2, 0.25) is 0 Å². The first-order valence-electron chi connectivity index (χ1n) is 6.10. The Kier molecular flexibility index (Phi) is 6.40. The summed E-state index contributed by atoms with van der Waals surface area (Å²) < 4.78 is 50.1. The van der Waals surface area contributed by atoms with Gasteiger partial charge in [0.15, 0.2) is 0 Å². The molecule has 1 rings (SSSR count). The van der Waals surface area contributed by atoms with Crippen molar-refractivity contribution < 1.29 is 22.2 Å². The molecule has 2 atom stereocenters. The highest BCUT2D eigenvalue weighted by molar-refractivity contribution is 9.10. The van der Waals surface area contributed by atoms with Gasteiger partial charge < -0.3 is 5.32 Å². The van der Waals surface area contributed by atoms with E-state index < -0.39 is 34.0 Å². The summed E-state index contributed by atoms with van der Waals surface area (Å²) in [5.74, 6) is -0.788. The van der Waals surface area contributed by atoms with Gasteiger partial charge in [-0.2, -0.15) is 13.2 Å². The Labute approximate surface area is 131 Å². The van der Waals surface area contributed by atoms with E-state index in [2.05, 4.69) is 21.2 Å². The zero-order valence-electron chi connectivity index (χ0n) is 11.5. The molecule has 0 aromatic heterocycles. The van der Waals surface area contributed by atoms with Crippen molar-refractivity contribution >= 4 is 32.6 Å². The lowest BCUT2D eigenvalue weighted by Crippen LogP contribution is -2.29. The van der Waals surface area contributed by atoms with E-state index >= 15 is 0 Å². The highest BCUT2D eigenvalue weighted by Gasteiger charge is 2.35. The third kappa shape index (κ3) is 5.43. The van der Waals surface area contributed by atoms with Crippen LogP contribution in [0.1, 0.15) is 29.3 Å². The first kappa shape index (κ1) is 18.2. The summed E-state index contributed by atoms with van der Waals surface area (Å²) in [7, 11) is -1.03. The van der Waals surface area contributed by atoms with Gasteiger partial charge in [0.05, 0.1) is 11.1 Å². The zero-order valence-corrected chi connectivity index (χ0v) is 13.9. The van der Waals surface area contributed by atoms with Crippen molar-refractivity contribution in [1.82, 2.24) is 5.32 Å². The zero-order chi connectivity index (χ0) is 16.2. The Morgan fingerprint density at radius 2 is 2.05 bits per heavy atom. The van der Waals surface area contributed by atoms with E-state index in [1.165, 1.54) is 6.07 Å². The van der Waals surface area contributed by atoms with Crippen LogP contribution < -0.4 is 5.32 Å². The van der Waals surface area contributed by atoms with Crippen molar-refractivity contribution in [3.05, 3.63) is 33.8 Å². The van der Waals surface area contributed by atoms with Crippen LogP contribution in [0.25, 0.3) is 0 Å². The summed E-state index contributed by atoms with van der Waals surface area (Å²) in [6.45, 7) is 1.93. The predicted octanol–water partition coefficient (Wildman–Crippen LogP) is 3.35. The fraction of sp³-hybridized carbons (Fsp3) is 0.462. The predicted molar refractivity (Wildman–Crippen MR) is 79.6 cm³/mol. The average Bonchev–Trinajstić information content (AvgIpc) is 2.37. The van der Waals surface area contributed by atoms with Crippen LogP contribution in [0.15, 0.2) is 22.7 Å². The minimum Gasteiger partial charge on any atom is -0.352 e. The molecule has 2 unspecified atom stereocenters. The summed E-state index contributed by atoms with van der Waals surface area (Å²) in [6, 6.07) is 3.39. The van der Waals surface area contributed by atoms with Gasteiger partial charge in [-0.15, -0.1) is 0 Å². The number of benzene rings is 1. The Morgan fingerprint density at radius 1 is 1.43 bits per heavy atom. The van der Waals surface area contributed by atoms with Crippen molar-refractivity contribution in [2.24, 2.45) is 0 Å². The maximum Gasteiger partial charge on any atom is 0.417 e. The minimum absolute atomic E-state index is 0.127. The van der Waals surface area contributed by atoms with Crippen molar-refractivity contribution in [2.45, 2.75) is 24.8 Å². The molecule has 1 aromatic carbocycles. The van der Waals surface area contributed by atoms with Crippen LogP contribution >= 0.6 is 15.9 Å². The van der Waals surface area contributed by atoms with Crippen molar-refractivity contribution in [2.75, 3.05) is 12.8 Å². The Balaban J connectivity index is 2.81. The number of amides is 1. The lowest BCUT2D eigenvalue weighted by molar-refractivity contribution is -0.138. The summed E-state index contributed by atoms with van der Waals surface area (Å²) in [4.78, 5) is 11.9. The number of halogens is 4. The number of alkyl halides is 3. The highest BCUT2D eigenvalue weighted by Crippen LogP contribution is 2.33. The normalized spacial score (nSPS) is 14.6. The molecule has 0 bridgehead atoms. The van der Waals surface area contributed by atoms with Gasteiger partial charge in [-0.25, -0.2) is 0 Å². The van der Waals surface area contributed by atoms with Crippen LogP contribution in [0.3, 0.4) is 0 Å². The van der Waals surface area contributed by atoms with Gasteiger partial charge in [0.1, 0.15) is 0 Å². The third-order valence-electron chi connectivity index (χ3n) is 2.93. The quantitative estimate of drug-likeness (QED) is 0.844. The molecule has 0 aliphatic rings. The molecular weight excluding hydrogens is 371 g/mol. The van der Waals surface area contributed by atoms with E-state index in [1.54, 1.807) is 13.2 Å². The molecule has 8 heteroatoms. The van der Waals surface area contributed by atoms with Gasteiger partial charge in [0.25, 0.3) is 5.91 Å². The van der Waals surface area contributed by atoms with Crippen LogP contribution in [-0.2, 0) is 17.0 Å². The maximum absolute atomic E-state index is 12.9. The van der Waals surface area contributed by atoms with Crippen LogP contribution in [0.2, 0.25) is 0 Å². The molecule has 0 spiro atoms. The van der Waals surface area contributed by atoms with Gasteiger partial charge in [-0.05, 0) is 24.6 Å². The number of nitrogens with one attached hydrogen (secondary N) is 1. The van der Waals surface area contributed by atoms with Gasteiger partial charge in [-0.3, -0.25) is 9.00 Å². The Bertz CT molecular complexity index is 549. The van der Waals surface area contributed by atoms with E-state index in [4.69, 9.17) is 0 Å². The molecule has 118 valence electrons. The van der Waals surface area contributed by atoms with E-state index in [0.29, 0.717) is 6.42 Å². The van der Waals surface area contributed by atoms with Crippen molar-refractivity contribution in [3.8, 4) is 0 Å². The summed E-state index contributed by atoms with van der Waals surface area (Å²) in [5.41, 5.74) is -1.41. The maximum atomic E-state index is 12.9. The lowest BCUT2D eigenvalue weighted by atomic mass is 10.1. The van der Waals surface area contributed by atoms with Crippen LogP contribution in [0.4, 0.5) is 13.2 Å². The fourth-order valence-corrected chi connectivity index (χ4v) is 2.41. The van der Waals surface area contributed by atoms with Crippen molar-refractivity contribution in [1.29, 1.82) is 0 Å². The smallest absolute Gasteiger partial charge is 0.352 e. The van der Waals surface area contributed by atoms with Crippen molar-refractivity contribution in [3.63, 3.8) is 0 Å². The van der Waals surface area contributed by atoms with E-state index in [1.807, 2.05) is 0 Å². The molecule has 0 saturated heterocycles. The second-order valence-corrected chi connectivity index (χ2v) is 7.26. The fourth-order valence-electron chi connectivity index (χ4n) is 1.60. The van der Waals surface area contributed by atoms with E-state index in [-0.39, 0.29) is 16.3 Å². The molecule has 3 nitrogen and oxygen atoms in total. The number of hydrogen-bond acceptors (Lipinski definition) is 2. The van der Waals surface area contributed by atoms with Gasteiger partial charge in [0, 0.05) is 33.3 Å². The standard InChI is InChI=1S/C13H15BrF3NO2S/c1-8(21(2)20)5-6-18-12(19)10-4-3-9(14)7-11(10)13(15,16)17/h3-4,7-8H,5-6H2,1-2H3,(H,18,19). The summed E-state index contributed by atoms with van der Waals surface area (Å²) >= 11 is 2.96. The molecule has 1 N–H and O–H groups in total. The molecule has 0 heterocycles. The Hall–Kier alpha value is -0.890. The molecule has 1 amide bonds. The second kappa shape index (κ2) is 7.40. The molecule has 0 radical (unpaired) electrons.